The van der Waals surface area contributed by atoms with E-state index in [0.717, 1.165) is 5.56 Å². The number of benzene rings is 1. The molecular formula is C14H12N2O3. The second-order valence-electron chi connectivity index (χ2n) is 3.97. The Hall–Kier alpha value is -2.69. The normalized spacial score (nSPS) is 9.89. The lowest BCUT2D eigenvalue weighted by molar-refractivity contribution is -0.115. The number of aromatic carboxylic acids is 1. The molecule has 0 bridgehead atoms. The number of rotatable bonds is 4. The Labute approximate surface area is 109 Å². The number of carbonyl (C=O) groups is 2. The molecule has 0 aliphatic carbocycles. The number of carbonyl (C=O) groups excluding carboxylic acids is 1. The van der Waals surface area contributed by atoms with Crippen LogP contribution in [-0.4, -0.2) is 22.0 Å². The monoisotopic (exact) mass is 256 g/mol. The highest BCUT2D eigenvalue weighted by Gasteiger charge is 2.07. The zero-order chi connectivity index (χ0) is 13.7. The minimum Gasteiger partial charge on any atom is -0.478 e. The molecule has 19 heavy (non-hydrogen) atoms. The number of pyridine rings is 1. The molecular weight excluding hydrogens is 244 g/mol. The molecule has 0 fully saturated rings. The highest BCUT2D eigenvalue weighted by Crippen LogP contribution is 2.11. The zero-order valence-corrected chi connectivity index (χ0v) is 10.0. The molecule has 5 nitrogen and oxygen atoms in total. The quantitative estimate of drug-likeness (QED) is 0.876. The first-order valence-electron chi connectivity index (χ1n) is 5.67. The molecule has 0 atom stereocenters. The maximum atomic E-state index is 11.8. The van der Waals surface area contributed by atoms with Gasteiger partial charge in [0.2, 0.25) is 5.91 Å². The number of hydrogen-bond acceptors (Lipinski definition) is 3. The van der Waals surface area contributed by atoms with E-state index in [1.807, 2.05) is 0 Å². The lowest BCUT2D eigenvalue weighted by Crippen LogP contribution is -2.14. The van der Waals surface area contributed by atoms with Crippen molar-refractivity contribution in [2.45, 2.75) is 6.42 Å². The second-order valence-corrected chi connectivity index (χ2v) is 3.97. The Kier molecular flexibility index (Phi) is 3.87. The van der Waals surface area contributed by atoms with Crippen LogP contribution in [-0.2, 0) is 11.2 Å². The summed E-state index contributed by atoms with van der Waals surface area (Å²) in [6.07, 6.45) is 3.45. The predicted molar refractivity (Wildman–Crippen MR) is 70.0 cm³/mol. The summed E-state index contributed by atoms with van der Waals surface area (Å²) in [5.41, 5.74) is 1.40. The summed E-state index contributed by atoms with van der Waals surface area (Å²) in [7, 11) is 0. The topological polar surface area (TPSA) is 79.3 Å². The van der Waals surface area contributed by atoms with E-state index in [4.69, 9.17) is 5.11 Å². The molecule has 0 radical (unpaired) electrons. The molecule has 0 spiro atoms. The van der Waals surface area contributed by atoms with Gasteiger partial charge in [0.1, 0.15) is 0 Å². The van der Waals surface area contributed by atoms with Crippen molar-refractivity contribution in [1.29, 1.82) is 0 Å². The molecule has 0 saturated heterocycles. The van der Waals surface area contributed by atoms with Crippen molar-refractivity contribution < 1.29 is 14.7 Å². The van der Waals surface area contributed by atoms with Crippen LogP contribution >= 0.6 is 0 Å². The minimum absolute atomic E-state index is 0.138. The van der Waals surface area contributed by atoms with E-state index >= 15 is 0 Å². The molecule has 2 N–H and O–H groups in total. The standard InChI is InChI=1S/C14H12N2O3/c17-13(7-10-3-2-6-15-9-10)16-12-5-1-4-11(8-12)14(18)19/h1-6,8-9H,7H2,(H,16,17)(H,18,19). The fraction of sp³-hybridized carbons (Fsp3) is 0.0714. The maximum absolute atomic E-state index is 11.8. The Morgan fingerprint density at radius 1 is 1.21 bits per heavy atom. The van der Waals surface area contributed by atoms with Gasteiger partial charge in [-0.2, -0.15) is 0 Å². The van der Waals surface area contributed by atoms with E-state index < -0.39 is 5.97 Å². The van der Waals surface area contributed by atoms with Crippen LogP contribution in [0.3, 0.4) is 0 Å². The second kappa shape index (κ2) is 5.77. The first kappa shape index (κ1) is 12.8. The molecule has 1 aromatic carbocycles. The van der Waals surface area contributed by atoms with E-state index in [2.05, 4.69) is 10.3 Å². The van der Waals surface area contributed by atoms with Crippen molar-refractivity contribution in [3.8, 4) is 0 Å². The van der Waals surface area contributed by atoms with Crippen LogP contribution < -0.4 is 5.32 Å². The summed E-state index contributed by atoms with van der Waals surface area (Å²) in [6.45, 7) is 0. The zero-order valence-electron chi connectivity index (χ0n) is 10.0. The van der Waals surface area contributed by atoms with Crippen molar-refractivity contribution in [2.24, 2.45) is 0 Å². The largest absolute Gasteiger partial charge is 0.478 e. The van der Waals surface area contributed by atoms with Gasteiger partial charge in [-0.3, -0.25) is 9.78 Å². The fourth-order valence-corrected chi connectivity index (χ4v) is 1.62. The van der Waals surface area contributed by atoms with Crippen LogP contribution in [0.5, 0.6) is 0 Å². The molecule has 1 heterocycles. The highest BCUT2D eigenvalue weighted by atomic mass is 16.4. The number of hydrogen-bond donors (Lipinski definition) is 2. The molecule has 96 valence electrons. The average Bonchev–Trinajstić information content (AvgIpc) is 2.40. The lowest BCUT2D eigenvalue weighted by atomic mass is 10.2. The van der Waals surface area contributed by atoms with Gasteiger partial charge in [0.25, 0.3) is 0 Å². The average molecular weight is 256 g/mol. The van der Waals surface area contributed by atoms with E-state index in [1.165, 1.54) is 12.1 Å². The first-order valence-corrected chi connectivity index (χ1v) is 5.67. The molecule has 5 heteroatoms. The van der Waals surface area contributed by atoms with Crippen molar-refractivity contribution in [3.63, 3.8) is 0 Å². The third-order valence-electron chi connectivity index (χ3n) is 2.48. The summed E-state index contributed by atoms with van der Waals surface area (Å²) in [5, 5.41) is 11.5. The summed E-state index contributed by atoms with van der Waals surface area (Å²) < 4.78 is 0. The van der Waals surface area contributed by atoms with Gasteiger partial charge >= 0.3 is 5.97 Å². The summed E-state index contributed by atoms with van der Waals surface area (Å²) >= 11 is 0. The van der Waals surface area contributed by atoms with Crippen molar-refractivity contribution in [3.05, 3.63) is 59.9 Å². The maximum Gasteiger partial charge on any atom is 0.335 e. The summed E-state index contributed by atoms with van der Waals surface area (Å²) in [4.78, 5) is 26.5. The van der Waals surface area contributed by atoms with Crippen LogP contribution in [0.1, 0.15) is 15.9 Å². The van der Waals surface area contributed by atoms with Gasteiger partial charge in [-0.1, -0.05) is 12.1 Å². The number of carboxylic acid groups (broad SMARTS) is 1. The Bertz CT molecular complexity index is 597. The summed E-state index contributed by atoms with van der Waals surface area (Å²) in [6, 6.07) is 9.69. The van der Waals surface area contributed by atoms with E-state index in [1.54, 1.807) is 36.7 Å². The van der Waals surface area contributed by atoms with E-state index in [0.29, 0.717) is 5.69 Å². The summed E-state index contributed by atoms with van der Waals surface area (Å²) in [5.74, 6) is -1.24. The van der Waals surface area contributed by atoms with Crippen LogP contribution in [0.2, 0.25) is 0 Å². The van der Waals surface area contributed by atoms with Crippen LogP contribution in [0, 0.1) is 0 Å². The predicted octanol–water partition coefficient (Wildman–Crippen LogP) is 1.96. The van der Waals surface area contributed by atoms with Gasteiger partial charge in [-0.05, 0) is 29.8 Å². The fourth-order valence-electron chi connectivity index (χ4n) is 1.62. The molecule has 0 unspecified atom stereocenters. The van der Waals surface area contributed by atoms with Gasteiger partial charge in [0.15, 0.2) is 0 Å². The number of amides is 1. The van der Waals surface area contributed by atoms with Crippen LogP contribution in [0.15, 0.2) is 48.8 Å². The molecule has 0 saturated carbocycles. The molecule has 2 aromatic rings. The molecule has 0 aliphatic rings. The van der Waals surface area contributed by atoms with Gasteiger partial charge in [0, 0.05) is 18.1 Å². The van der Waals surface area contributed by atoms with Crippen molar-refractivity contribution in [1.82, 2.24) is 4.98 Å². The SMILES string of the molecule is O=C(Cc1cccnc1)Nc1cccc(C(=O)O)c1. The van der Waals surface area contributed by atoms with Crippen LogP contribution in [0.25, 0.3) is 0 Å². The van der Waals surface area contributed by atoms with Gasteiger partial charge in [0.05, 0.1) is 12.0 Å². The Morgan fingerprint density at radius 3 is 2.74 bits per heavy atom. The molecule has 2 rings (SSSR count). The first-order chi connectivity index (χ1) is 9.15. The van der Waals surface area contributed by atoms with Crippen LogP contribution in [0.4, 0.5) is 5.69 Å². The lowest BCUT2D eigenvalue weighted by Gasteiger charge is -2.05. The number of nitrogens with one attached hydrogen (secondary N) is 1. The Morgan fingerprint density at radius 2 is 2.05 bits per heavy atom. The number of carboxylic acids is 1. The van der Waals surface area contributed by atoms with E-state index in [-0.39, 0.29) is 17.9 Å². The smallest absolute Gasteiger partial charge is 0.335 e. The van der Waals surface area contributed by atoms with Gasteiger partial charge < -0.3 is 10.4 Å². The molecule has 1 aromatic heterocycles. The number of aromatic nitrogens is 1. The Balaban J connectivity index is 2.03. The third kappa shape index (κ3) is 3.64. The van der Waals surface area contributed by atoms with Crippen molar-refractivity contribution in [2.75, 3.05) is 5.32 Å². The highest BCUT2D eigenvalue weighted by molar-refractivity contribution is 5.94. The number of nitrogens with zero attached hydrogens (tertiary/aromatic N) is 1. The van der Waals surface area contributed by atoms with Gasteiger partial charge in [-0.15, -0.1) is 0 Å². The third-order valence-corrected chi connectivity index (χ3v) is 2.48. The van der Waals surface area contributed by atoms with Gasteiger partial charge in [-0.25, -0.2) is 4.79 Å². The number of anilines is 1. The molecule has 1 amide bonds. The van der Waals surface area contributed by atoms with E-state index in [9.17, 15) is 9.59 Å². The minimum atomic E-state index is -1.02. The van der Waals surface area contributed by atoms with Crippen molar-refractivity contribution >= 4 is 17.6 Å². The molecule has 0 aliphatic heterocycles.